The molecule has 1 unspecified atom stereocenters. The third-order valence-corrected chi connectivity index (χ3v) is 8.72. The number of esters is 4. The van der Waals surface area contributed by atoms with E-state index in [1.54, 1.807) is 33.8 Å². The van der Waals surface area contributed by atoms with Crippen molar-refractivity contribution in [1.29, 1.82) is 0 Å². The quantitative estimate of drug-likeness (QED) is 0.236. The fourth-order valence-corrected chi connectivity index (χ4v) is 7.12. The smallest absolute Gasteiger partial charge is 0.342 e. The van der Waals surface area contributed by atoms with E-state index in [1.807, 2.05) is 0 Å². The largest absolute Gasteiger partial charge is 0.461 e. The van der Waals surface area contributed by atoms with Crippen molar-refractivity contribution < 1.29 is 52.8 Å². The van der Waals surface area contributed by atoms with Crippen molar-refractivity contribution in [2.75, 3.05) is 0 Å². The third kappa shape index (κ3) is 4.30. The van der Waals surface area contributed by atoms with Crippen LogP contribution in [0.25, 0.3) is 0 Å². The third-order valence-electron chi connectivity index (χ3n) is 8.72. The van der Waals surface area contributed by atoms with Gasteiger partial charge in [-0.15, -0.1) is 0 Å². The van der Waals surface area contributed by atoms with Crippen LogP contribution in [0.2, 0.25) is 0 Å². The van der Waals surface area contributed by atoms with Crippen LogP contribution in [0.15, 0.2) is 23.3 Å². The molecule has 0 aromatic heterocycles. The van der Waals surface area contributed by atoms with E-state index in [1.165, 1.54) is 33.8 Å². The van der Waals surface area contributed by atoms with Gasteiger partial charge in [-0.1, -0.05) is 24.1 Å². The molecule has 2 fully saturated rings. The van der Waals surface area contributed by atoms with E-state index < -0.39 is 82.8 Å². The van der Waals surface area contributed by atoms with Crippen molar-refractivity contribution >= 4 is 29.7 Å². The first-order valence-electron chi connectivity index (χ1n) is 13.0. The maximum Gasteiger partial charge on any atom is 0.342 e. The molecule has 0 amide bonds. The van der Waals surface area contributed by atoms with Gasteiger partial charge in [-0.25, -0.2) is 4.79 Å². The van der Waals surface area contributed by atoms with E-state index in [4.69, 9.17) is 23.7 Å². The van der Waals surface area contributed by atoms with Gasteiger partial charge in [0.2, 0.25) is 0 Å². The van der Waals surface area contributed by atoms with Crippen LogP contribution in [0.3, 0.4) is 0 Å². The average molecular weight is 549 g/mol. The molecule has 4 rings (SSSR count). The highest BCUT2D eigenvalue weighted by molar-refractivity contribution is 5.89. The zero-order valence-corrected chi connectivity index (χ0v) is 23.4. The minimum atomic E-state index is -1.54. The van der Waals surface area contributed by atoms with Gasteiger partial charge in [0.1, 0.15) is 30.2 Å². The minimum Gasteiger partial charge on any atom is -0.461 e. The molecule has 1 spiro atoms. The highest BCUT2D eigenvalue weighted by atomic mass is 16.7. The number of carbonyl (C=O) groups is 5. The van der Waals surface area contributed by atoms with Gasteiger partial charge >= 0.3 is 23.9 Å². The molecule has 2 aliphatic heterocycles. The Bertz CT molecular complexity index is 1190. The van der Waals surface area contributed by atoms with Crippen molar-refractivity contribution in [3.05, 3.63) is 23.3 Å². The molecule has 0 radical (unpaired) electrons. The van der Waals surface area contributed by atoms with Crippen LogP contribution in [0, 0.1) is 17.3 Å². The summed E-state index contributed by atoms with van der Waals surface area (Å²) in [5.74, 6) is -4.93. The number of carbonyl (C=O) groups excluding carboxylic acids is 5. The summed E-state index contributed by atoms with van der Waals surface area (Å²) in [5, 5.41) is 11.2. The summed E-state index contributed by atoms with van der Waals surface area (Å²) in [6.45, 7) is 11.6. The van der Waals surface area contributed by atoms with Crippen molar-refractivity contribution in [1.82, 2.24) is 0 Å². The van der Waals surface area contributed by atoms with E-state index in [2.05, 4.69) is 0 Å². The molecule has 4 aliphatic rings. The highest BCUT2D eigenvalue weighted by Gasteiger charge is 2.87. The Balaban J connectivity index is 2.10. The number of fused-ring (bicyclic) bond motifs is 1. The number of ether oxygens (including phenoxy) is 5. The van der Waals surface area contributed by atoms with Gasteiger partial charge < -0.3 is 28.8 Å². The second-order valence-corrected chi connectivity index (χ2v) is 11.5. The minimum absolute atomic E-state index is 0.111. The van der Waals surface area contributed by atoms with Gasteiger partial charge in [0.15, 0.2) is 17.3 Å². The average Bonchev–Trinajstić information content (AvgIpc) is 3.38. The Morgan fingerprint density at radius 2 is 1.44 bits per heavy atom. The molecular weight excluding hydrogens is 512 g/mol. The molecule has 214 valence electrons. The Kier molecular flexibility index (Phi) is 7.09. The molecule has 11 heteroatoms. The Morgan fingerprint density at radius 3 is 1.95 bits per heavy atom. The molecule has 0 aromatic rings. The van der Waals surface area contributed by atoms with E-state index in [9.17, 15) is 29.1 Å². The number of Topliss-reactive ketones (excluding diaryl/α,β-unsaturated/α-hetero) is 1. The molecule has 39 heavy (non-hydrogen) atoms. The lowest BCUT2D eigenvalue weighted by molar-refractivity contribution is -0.214. The van der Waals surface area contributed by atoms with E-state index in [0.29, 0.717) is 11.1 Å². The number of aliphatic hydroxyl groups is 1. The van der Waals surface area contributed by atoms with Crippen LogP contribution >= 0.6 is 0 Å². The fraction of sp³-hybridized carbons (Fsp3) is 0.679. The second kappa shape index (κ2) is 9.55. The molecule has 2 heterocycles. The number of ketones is 1. The molecule has 0 aromatic carbocycles. The van der Waals surface area contributed by atoms with Crippen molar-refractivity contribution in [2.24, 2.45) is 17.3 Å². The van der Waals surface area contributed by atoms with E-state index in [0.717, 1.165) is 0 Å². The van der Waals surface area contributed by atoms with Crippen LogP contribution in [-0.4, -0.2) is 76.5 Å². The lowest BCUT2D eigenvalue weighted by Crippen LogP contribution is -2.66. The molecule has 10 atom stereocenters. The summed E-state index contributed by atoms with van der Waals surface area (Å²) < 4.78 is 29.4. The zero-order valence-electron chi connectivity index (χ0n) is 23.4. The highest BCUT2D eigenvalue weighted by Crippen LogP contribution is 2.65. The van der Waals surface area contributed by atoms with Crippen LogP contribution in [0.1, 0.15) is 61.8 Å². The molecule has 0 bridgehead atoms. The number of rotatable bonds is 4. The SMILES string of the molecule is CC(=O)O[C@@H]1[C@H]2C(C)=C[C@@H](O)[C@H](OC(C)=O)[C@]2(C)[C@@H](OC(C)=O)C(C(C)=O)C/C(C)=C\[C@@H]2OC(=O)[C@]3(C)O[C@@]213. The molecule has 1 N–H and O–H groups in total. The monoisotopic (exact) mass is 548 g/mol. The van der Waals surface area contributed by atoms with Gasteiger partial charge in [0.25, 0.3) is 0 Å². The summed E-state index contributed by atoms with van der Waals surface area (Å²) in [6, 6.07) is 0. The lowest BCUT2D eigenvalue weighted by Gasteiger charge is -2.55. The summed E-state index contributed by atoms with van der Waals surface area (Å²) in [4.78, 5) is 63.6. The molecule has 2 aliphatic carbocycles. The van der Waals surface area contributed by atoms with E-state index in [-0.39, 0.29) is 12.2 Å². The van der Waals surface area contributed by atoms with Crippen molar-refractivity contribution in [3.8, 4) is 0 Å². The summed E-state index contributed by atoms with van der Waals surface area (Å²) >= 11 is 0. The number of aliphatic hydroxyl groups excluding tert-OH is 1. The van der Waals surface area contributed by atoms with Crippen LogP contribution in [0.4, 0.5) is 0 Å². The van der Waals surface area contributed by atoms with Gasteiger partial charge in [0, 0.05) is 26.7 Å². The Hall–Kier alpha value is -3.05. The van der Waals surface area contributed by atoms with Crippen molar-refractivity contribution in [2.45, 2.75) is 104 Å². The normalized spacial score (nSPS) is 44.1. The summed E-state index contributed by atoms with van der Waals surface area (Å²) in [7, 11) is 0. The van der Waals surface area contributed by atoms with Crippen LogP contribution < -0.4 is 0 Å². The predicted molar refractivity (Wildman–Crippen MR) is 133 cm³/mol. The number of hydrogen-bond donors (Lipinski definition) is 1. The van der Waals surface area contributed by atoms with Gasteiger partial charge in [-0.05, 0) is 40.2 Å². The summed E-state index contributed by atoms with van der Waals surface area (Å²) in [6.07, 6.45) is -2.84. The maximum atomic E-state index is 13.2. The van der Waals surface area contributed by atoms with Crippen LogP contribution in [-0.2, 0) is 47.7 Å². The second-order valence-electron chi connectivity index (χ2n) is 11.5. The Labute approximate surface area is 226 Å². The first kappa shape index (κ1) is 28.9. The van der Waals surface area contributed by atoms with E-state index >= 15 is 0 Å². The molecule has 2 saturated heterocycles. The number of hydrogen-bond acceptors (Lipinski definition) is 11. The maximum absolute atomic E-state index is 13.2. The molecule has 11 nitrogen and oxygen atoms in total. The zero-order chi connectivity index (χ0) is 29.2. The molecule has 0 saturated carbocycles. The van der Waals surface area contributed by atoms with Gasteiger partial charge in [-0.2, -0.15) is 0 Å². The van der Waals surface area contributed by atoms with Crippen molar-refractivity contribution in [3.63, 3.8) is 0 Å². The number of epoxide rings is 1. The van der Waals surface area contributed by atoms with Gasteiger partial charge in [0.05, 0.1) is 11.3 Å². The predicted octanol–water partition coefficient (Wildman–Crippen LogP) is 1.73. The number of allylic oxidation sites excluding steroid dienone is 1. The first-order chi connectivity index (χ1) is 18.0. The van der Waals surface area contributed by atoms with Gasteiger partial charge in [-0.3, -0.25) is 19.2 Å². The fourth-order valence-electron chi connectivity index (χ4n) is 7.12. The molecular formula is C28H36O11. The Morgan fingerprint density at radius 1 is 0.897 bits per heavy atom. The summed E-state index contributed by atoms with van der Waals surface area (Å²) in [5.41, 5.74) is -3.32. The van der Waals surface area contributed by atoms with Crippen LogP contribution in [0.5, 0.6) is 0 Å². The topological polar surface area (TPSA) is 155 Å². The standard InChI is InChI=1S/C28H36O11/c1-12-9-18(14(3)29)22(35-15(4)30)26(7)21(13(2)11-19(33)23(26)36-16(5)31)24(37-17(6)32)28-20(10-12)38-25(34)27(28,8)39-28/h10-11,18-24,33H,9H2,1-8H3/b12-10-/t18?,19-,20+,21-,22+,23+,24-,26+,27+,28+/m1/s1. The lowest BCUT2D eigenvalue weighted by atomic mass is 9.54. The first-order valence-corrected chi connectivity index (χ1v) is 13.0.